The van der Waals surface area contributed by atoms with E-state index in [0.29, 0.717) is 23.4 Å². The molecule has 0 spiro atoms. The summed E-state index contributed by atoms with van der Waals surface area (Å²) >= 11 is 0. The van der Waals surface area contributed by atoms with Crippen molar-refractivity contribution in [1.29, 1.82) is 0 Å². The number of nitrogens with one attached hydrogen (secondary N) is 1. The van der Waals surface area contributed by atoms with Crippen molar-refractivity contribution < 1.29 is 22.3 Å². The zero-order chi connectivity index (χ0) is 23.9. The van der Waals surface area contributed by atoms with Gasteiger partial charge in [0.05, 0.1) is 18.7 Å². The first-order valence-corrected chi connectivity index (χ1v) is 10.5. The summed E-state index contributed by atoms with van der Waals surface area (Å²) in [4.78, 5) is 8.49. The van der Waals surface area contributed by atoms with Crippen molar-refractivity contribution in [3.63, 3.8) is 0 Å². The van der Waals surface area contributed by atoms with Gasteiger partial charge in [-0.25, -0.2) is 9.07 Å². The maximum Gasteiger partial charge on any atom is 0.416 e. The molecule has 1 atom stereocenters. The van der Waals surface area contributed by atoms with E-state index in [2.05, 4.69) is 20.4 Å². The molecule has 10 heteroatoms. The Labute approximate surface area is 192 Å². The molecule has 1 N–H and O–H groups in total. The molecule has 0 amide bonds. The van der Waals surface area contributed by atoms with E-state index in [1.54, 1.807) is 30.5 Å². The molecule has 0 fully saturated rings. The molecule has 5 rings (SSSR count). The summed E-state index contributed by atoms with van der Waals surface area (Å²) in [5.41, 5.74) is 1.49. The quantitative estimate of drug-likeness (QED) is 0.390. The molecule has 0 bridgehead atoms. The second-order valence-electron chi connectivity index (χ2n) is 7.86. The fraction of sp³-hybridized carbons (Fsp3) is 0.208. The molecule has 34 heavy (non-hydrogen) atoms. The van der Waals surface area contributed by atoms with E-state index in [1.807, 2.05) is 6.92 Å². The van der Waals surface area contributed by atoms with Gasteiger partial charge in [0.1, 0.15) is 11.9 Å². The summed E-state index contributed by atoms with van der Waals surface area (Å²) in [7, 11) is 0. The van der Waals surface area contributed by atoms with Crippen LogP contribution in [0.15, 0.2) is 60.8 Å². The molecule has 0 saturated heterocycles. The molecular formula is C24H19F4N5O. The summed E-state index contributed by atoms with van der Waals surface area (Å²) in [5.74, 6) is -0.0587. The molecule has 0 saturated carbocycles. The number of fused-ring (bicyclic) bond motifs is 1. The van der Waals surface area contributed by atoms with Crippen LogP contribution in [0.4, 0.5) is 29.2 Å². The largest absolute Gasteiger partial charge is 0.416 e. The van der Waals surface area contributed by atoms with Crippen molar-refractivity contribution in [3.8, 4) is 11.1 Å². The Kier molecular flexibility index (Phi) is 5.52. The molecule has 0 aliphatic carbocycles. The van der Waals surface area contributed by atoms with Crippen LogP contribution in [0.2, 0.25) is 0 Å². The maximum atomic E-state index is 14.8. The minimum atomic E-state index is -4.53. The maximum absolute atomic E-state index is 14.8. The number of alkyl halides is 3. The molecule has 1 unspecified atom stereocenters. The van der Waals surface area contributed by atoms with Crippen LogP contribution in [0.3, 0.4) is 0 Å². The van der Waals surface area contributed by atoms with E-state index in [1.165, 1.54) is 28.9 Å². The van der Waals surface area contributed by atoms with Crippen LogP contribution in [-0.4, -0.2) is 26.4 Å². The highest BCUT2D eigenvalue weighted by molar-refractivity contribution is 5.68. The normalized spacial score (nSPS) is 15.7. The highest BCUT2D eigenvalue weighted by atomic mass is 19.4. The predicted octanol–water partition coefficient (Wildman–Crippen LogP) is 5.67. The third-order valence-corrected chi connectivity index (χ3v) is 5.50. The Morgan fingerprint density at radius 3 is 2.68 bits per heavy atom. The van der Waals surface area contributed by atoms with Gasteiger partial charge in [0, 0.05) is 28.7 Å². The van der Waals surface area contributed by atoms with Crippen molar-refractivity contribution in [3.05, 3.63) is 89.3 Å². The van der Waals surface area contributed by atoms with Crippen LogP contribution >= 0.6 is 0 Å². The van der Waals surface area contributed by atoms with E-state index in [9.17, 15) is 17.6 Å². The number of nitrogens with zero attached hydrogens (tertiary/aromatic N) is 4. The number of benzene rings is 2. The van der Waals surface area contributed by atoms with Crippen molar-refractivity contribution in [2.24, 2.45) is 0 Å². The molecular weight excluding hydrogens is 450 g/mol. The standard InChI is InChI=1S/C24H19F4N5O/c1-14-12-15(8-9-29-14)17-7-6-16(13-20(17)25)30-23-31-22-21(34-11-10-33(22)32-23)18-4-2-3-5-19(18)24(26,27)28/h2-9,12-13,21H,10-11H2,1H3,(H,30,32). The van der Waals surface area contributed by atoms with Gasteiger partial charge < -0.3 is 10.1 Å². The highest BCUT2D eigenvalue weighted by Gasteiger charge is 2.38. The summed E-state index contributed by atoms with van der Waals surface area (Å²) < 4.78 is 62.6. The number of pyridine rings is 1. The average Bonchev–Trinajstić information content (AvgIpc) is 3.21. The van der Waals surface area contributed by atoms with E-state index in [4.69, 9.17) is 4.74 Å². The highest BCUT2D eigenvalue weighted by Crippen LogP contribution is 2.39. The van der Waals surface area contributed by atoms with Gasteiger partial charge in [0.15, 0.2) is 5.82 Å². The van der Waals surface area contributed by atoms with Gasteiger partial charge in [0.2, 0.25) is 5.95 Å². The van der Waals surface area contributed by atoms with Crippen molar-refractivity contribution in [2.45, 2.75) is 25.7 Å². The van der Waals surface area contributed by atoms with E-state index >= 15 is 0 Å². The fourth-order valence-electron chi connectivity index (χ4n) is 3.98. The summed E-state index contributed by atoms with van der Waals surface area (Å²) in [6, 6.07) is 13.4. The SMILES string of the molecule is Cc1cc(-c2ccc(Nc3nc4n(n3)CCOC4c3ccccc3C(F)(F)F)cc2F)ccn1. The first-order chi connectivity index (χ1) is 16.3. The number of ether oxygens (including phenoxy) is 1. The predicted molar refractivity (Wildman–Crippen MR) is 117 cm³/mol. The van der Waals surface area contributed by atoms with Gasteiger partial charge in [-0.15, -0.1) is 5.10 Å². The molecule has 174 valence electrons. The average molecular weight is 469 g/mol. The molecule has 6 nitrogen and oxygen atoms in total. The lowest BCUT2D eigenvalue weighted by Gasteiger charge is -2.25. The van der Waals surface area contributed by atoms with E-state index in [-0.39, 0.29) is 23.9 Å². The molecule has 3 heterocycles. The monoisotopic (exact) mass is 469 g/mol. The smallest absolute Gasteiger partial charge is 0.364 e. The Hall–Kier alpha value is -3.79. The third-order valence-electron chi connectivity index (χ3n) is 5.50. The van der Waals surface area contributed by atoms with Gasteiger partial charge in [0.25, 0.3) is 0 Å². The molecule has 2 aromatic carbocycles. The number of aromatic nitrogens is 4. The van der Waals surface area contributed by atoms with Crippen LogP contribution in [0.1, 0.15) is 28.7 Å². The summed E-state index contributed by atoms with van der Waals surface area (Å²) in [5, 5.41) is 7.27. The first kappa shape index (κ1) is 22.0. The van der Waals surface area contributed by atoms with E-state index in [0.717, 1.165) is 11.8 Å². The Morgan fingerprint density at radius 1 is 1.09 bits per heavy atom. The van der Waals surface area contributed by atoms with Crippen LogP contribution in [0.5, 0.6) is 0 Å². The minimum Gasteiger partial charge on any atom is -0.364 e. The summed E-state index contributed by atoms with van der Waals surface area (Å²) in [6.07, 6.45) is -3.94. The topological polar surface area (TPSA) is 64.9 Å². The lowest BCUT2D eigenvalue weighted by atomic mass is 10.0. The lowest BCUT2D eigenvalue weighted by molar-refractivity contribution is -0.139. The zero-order valence-electron chi connectivity index (χ0n) is 18.0. The van der Waals surface area contributed by atoms with Crippen LogP contribution in [0.25, 0.3) is 11.1 Å². The number of anilines is 2. The first-order valence-electron chi connectivity index (χ1n) is 10.5. The second kappa shape index (κ2) is 8.53. The number of halogens is 4. The minimum absolute atomic E-state index is 0.0297. The van der Waals surface area contributed by atoms with Gasteiger partial charge in [-0.1, -0.05) is 18.2 Å². The zero-order valence-corrected chi connectivity index (χ0v) is 18.0. The van der Waals surface area contributed by atoms with E-state index < -0.39 is 23.7 Å². The molecule has 2 aromatic heterocycles. The lowest BCUT2D eigenvalue weighted by Crippen LogP contribution is -2.25. The second-order valence-corrected chi connectivity index (χ2v) is 7.86. The van der Waals surface area contributed by atoms with Crippen LogP contribution < -0.4 is 5.32 Å². The van der Waals surface area contributed by atoms with Crippen molar-refractivity contribution in [2.75, 3.05) is 11.9 Å². The number of rotatable bonds is 4. The number of hydrogen-bond donors (Lipinski definition) is 1. The Bertz CT molecular complexity index is 1350. The van der Waals surface area contributed by atoms with Gasteiger partial charge in [-0.3, -0.25) is 4.98 Å². The summed E-state index contributed by atoms with van der Waals surface area (Å²) in [6.45, 7) is 2.35. The van der Waals surface area contributed by atoms with Crippen LogP contribution in [-0.2, 0) is 17.5 Å². The van der Waals surface area contributed by atoms with Crippen molar-refractivity contribution >= 4 is 11.6 Å². The molecule has 1 aliphatic heterocycles. The van der Waals surface area contributed by atoms with Gasteiger partial charge >= 0.3 is 6.18 Å². The fourth-order valence-corrected chi connectivity index (χ4v) is 3.98. The Balaban J connectivity index is 1.43. The number of hydrogen-bond acceptors (Lipinski definition) is 5. The third kappa shape index (κ3) is 4.24. The van der Waals surface area contributed by atoms with Gasteiger partial charge in [-0.05, 0) is 48.9 Å². The van der Waals surface area contributed by atoms with Crippen LogP contribution in [0, 0.1) is 12.7 Å². The molecule has 0 radical (unpaired) electrons. The molecule has 4 aromatic rings. The van der Waals surface area contributed by atoms with Gasteiger partial charge in [-0.2, -0.15) is 18.2 Å². The van der Waals surface area contributed by atoms with Crippen molar-refractivity contribution in [1.82, 2.24) is 19.7 Å². The molecule has 1 aliphatic rings. The number of aryl methyl sites for hydroxylation is 1. The Morgan fingerprint density at radius 2 is 1.91 bits per heavy atom.